The van der Waals surface area contributed by atoms with Gasteiger partial charge in [0.25, 0.3) is 0 Å². The highest BCUT2D eigenvalue weighted by atomic mass is 16.6. The second-order valence-corrected chi connectivity index (χ2v) is 6.41. The number of hydrogen-bond acceptors (Lipinski definition) is 6. The first-order chi connectivity index (χ1) is 14.1. The lowest BCUT2D eigenvalue weighted by Crippen LogP contribution is -2.05. The average Bonchev–Trinajstić information content (AvgIpc) is 3.09. The number of aliphatic imine (C=N–C) groups is 1. The van der Waals surface area contributed by atoms with Gasteiger partial charge in [-0.25, -0.2) is 9.79 Å². The van der Waals surface area contributed by atoms with Gasteiger partial charge in [-0.15, -0.1) is 0 Å². The molecular weight excluding hydrogens is 370 g/mol. The zero-order valence-electron chi connectivity index (χ0n) is 16.9. The van der Waals surface area contributed by atoms with Gasteiger partial charge in [-0.3, -0.25) is 0 Å². The molecule has 0 atom stereocenters. The lowest BCUT2D eigenvalue weighted by Gasteiger charge is -2.09. The molecule has 29 heavy (non-hydrogen) atoms. The summed E-state index contributed by atoms with van der Waals surface area (Å²) < 4.78 is 21.9. The monoisotopic (exact) mass is 395 g/mol. The normalized spacial score (nSPS) is 14.5. The molecule has 0 N–H and O–H groups in total. The van der Waals surface area contributed by atoms with Crippen LogP contribution in [-0.4, -0.2) is 32.2 Å². The van der Waals surface area contributed by atoms with Crippen LogP contribution in [0.1, 0.15) is 37.8 Å². The van der Waals surface area contributed by atoms with Crippen LogP contribution in [0.15, 0.2) is 53.2 Å². The van der Waals surface area contributed by atoms with Crippen LogP contribution in [0.4, 0.5) is 0 Å². The first-order valence-corrected chi connectivity index (χ1v) is 9.71. The van der Waals surface area contributed by atoms with E-state index < -0.39 is 5.97 Å². The average molecular weight is 395 g/mol. The molecule has 0 radical (unpaired) electrons. The Bertz CT molecular complexity index is 915. The van der Waals surface area contributed by atoms with E-state index in [1.807, 2.05) is 37.3 Å². The van der Waals surface area contributed by atoms with E-state index in [1.165, 1.54) is 0 Å². The maximum Gasteiger partial charge on any atom is 0.363 e. The second kappa shape index (κ2) is 9.78. The van der Waals surface area contributed by atoms with Gasteiger partial charge in [-0.2, -0.15) is 0 Å². The Labute approximate surface area is 170 Å². The molecule has 2 aromatic carbocycles. The van der Waals surface area contributed by atoms with E-state index >= 15 is 0 Å². The molecule has 0 bridgehead atoms. The van der Waals surface area contributed by atoms with E-state index in [9.17, 15) is 4.79 Å². The summed E-state index contributed by atoms with van der Waals surface area (Å²) in [6, 6.07) is 12.8. The van der Waals surface area contributed by atoms with Crippen molar-refractivity contribution in [3.05, 3.63) is 59.3 Å². The van der Waals surface area contributed by atoms with Gasteiger partial charge in [0.15, 0.2) is 17.2 Å². The molecule has 0 aliphatic carbocycles. The van der Waals surface area contributed by atoms with Crippen molar-refractivity contribution in [2.45, 2.75) is 26.7 Å². The molecular formula is C23H25NO5. The molecule has 1 heterocycles. The predicted molar refractivity (Wildman–Crippen MR) is 112 cm³/mol. The van der Waals surface area contributed by atoms with Crippen LogP contribution in [-0.2, 0) is 9.53 Å². The van der Waals surface area contributed by atoms with Gasteiger partial charge in [0.05, 0.1) is 20.3 Å². The van der Waals surface area contributed by atoms with Crippen molar-refractivity contribution in [1.29, 1.82) is 0 Å². The van der Waals surface area contributed by atoms with Crippen LogP contribution in [0.25, 0.3) is 6.08 Å². The number of carbonyl (C=O) groups excluding carboxylic acids is 1. The molecule has 0 saturated heterocycles. The summed E-state index contributed by atoms with van der Waals surface area (Å²) in [7, 11) is 1.58. The molecule has 6 heteroatoms. The predicted octanol–water partition coefficient (Wildman–Crippen LogP) is 4.62. The zero-order valence-corrected chi connectivity index (χ0v) is 16.9. The SMILES string of the molecule is CCCCOc1ccc(C2=N/C(=C\c3ccc(OC)c(OCC)c3)C(=O)O2)cc1. The van der Waals surface area contributed by atoms with Crippen LogP contribution in [0.2, 0.25) is 0 Å². The number of hydrogen-bond donors (Lipinski definition) is 0. The fourth-order valence-electron chi connectivity index (χ4n) is 2.77. The van der Waals surface area contributed by atoms with Crippen molar-refractivity contribution >= 4 is 17.9 Å². The molecule has 3 rings (SSSR count). The Morgan fingerprint density at radius 3 is 2.52 bits per heavy atom. The molecule has 1 aliphatic rings. The molecule has 0 aromatic heterocycles. The molecule has 0 amide bonds. The molecule has 0 saturated carbocycles. The van der Waals surface area contributed by atoms with Crippen molar-refractivity contribution in [3.8, 4) is 17.2 Å². The van der Waals surface area contributed by atoms with Gasteiger partial charge < -0.3 is 18.9 Å². The Hall–Kier alpha value is -3.28. The maximum atomic E-state index is 12.3. The lowest BCUT2D eigenvalue weighted by atomic mass is 10.1. The van der Waals surface area contributed by atoms with Gasteiger partial charge in [-0.05, 0) is 61.4 Å². The van der Waals surface area contributed by atoms with Crippen molar-refractivity contribution in [2.24, 2.45) is 4.99 Å². The second-order valence-electron chi connectivity index (χ2n) is 6.41. The standard InChI is InChI=1S/C23H25NO5/c1-4-6-13-28-18-10-8-17(9-11-18)22-24-19(23(25)29-22)14-16-7-12-20(26-3)21(15-16)27-5-2/h7-12,14-15H,4-6,13H2,1-3H3/b19-14-. The number of unbranched alkanes of at least 4 members (excludes halogenated alkanes) is 1. The number of rotatable bonds is 9. The van der Waals surface area contributed by atoms with E-state index in [1.54, 1.807) is 25.3 Å². The Morgan fingerprint density at radius 2 is 1.83 bits per heavy atom. The van der Waals surface area contributed by atoms with E-state index in [2.05, 4.69) is 11.9 Å². The smallest absolute Gasteiger partial charge is 0.363 e. The molecule has 0 spiro atoms. The summed E-state index contributed by atoms with van der Waals surface area (Å²) in [6.07, 6.45) is 3.76. The number of cyclic esters (lactones) is 1. The van der Waals surface area contributed by atoms with Crippen LogP contribution in [0.5, 0.6) is 17.2 Å². The number of ether oxygens (including phenoxy) is 4. The fraction of sp³-hybridized carbons (Fsp3) is 0.304. The summed E-state index contributed by atoms with van der Waals surface area (Å²) in [5, 5.41) is 0. The number of benzene rings is 2. The highest BCUT2D eigenvalue weighted by Gasteiger charge is 2.24. The van der Waals surface area contributed by atoms with E-state index in [0.717, 1.165) is 24.2 Å². The Balaban J connectivity index is 1.78. The highest BCUT2D eigenvalue weighted by molar-refractivity contribution is 6.12. The number of methoxy groups -OCH3 is 1. The molecule has 152 valence electrons. The fourth-order valence-corrected chi connectivity index (χ4v) is 2.77. The topological polar surface area (TPSA) is 66.3 Å². The molecule has 0 unspecified atom stereocenters. The Morgan fingerprint density at radius 1 is 1.03 bits per heavy atom. The summed E-state index contributed by atoms with van der Waals surface area (Å²) in [5.41, 5.74) is 1.72. The maximum absolute atomic E-state index is 12.3. The third-order valence-electron chi connectivity index (χ3n) is 4.28. The minimum atomic E-state index is -0.489. The van der Waals surface area contributed by atoms with Crippen molar-refractivity contribution in [3.63, 3.8) is 0 Å². The van der Waals surface area contributed by atoms with Crippen molar-refractivity contribution in [1.82, 2.24) is 0 Å². The molecule has 0 fully saturated rings. The molecule has 2 aromatic rings. The molecule has 1 aliphatic heterocycles. The quantitative estimate of drug-likeness (QED) is 0.352. The van der Waals surface area contributed by atoms with Gasteiger partial charge >= 0.3 is 5.97 Å². The largest absolute Gasteiger partial charge is 0.494 e. The van der Waals surface area contributed by atoms with Crippen LogP contribution < -0.4 is 14.2 Å². The highest BCUT2D eigenvalue weighted by Crippen LogP contribution is 2.30. The van der Waals surface area contributed by atoms with Crippen molar-refractivity contribution < 1.29 is 23.7 Å². The van der Waals surface area contributed by atoms with Crippen LogP contribution >= 0.6 is 0 Å². The third-order valence-corrected chi connectivity index (χ3v) is 4.28. The minimum Gasteiger partial charge on any atom is -0.494 e. The zero-order chi connectivity index (χ0) is 20.6. The van der Waals surface area contributed by atoms with Gasteiger partial charge in [-0.1, -0.05) is 19.4 Å². The lowest BCUT2D eigenvalue weighted by molar-refractivity contribution is -0.129. The van der Waals surface area contributed by atoms with Crippen molar-refractivity contribution in [2.75, 3.05) is 20.3 Å². The number of esters is 1. The minimum absolute atomic E-state index is 0.232. The summed E-state index contributed by atoms with van der Waals surface area (Å²) in [4.78, 5) is 16.6. The van der Waals surface area contributed by atoms with Gasteiger partial charge in [0.2, 0.25) is 5.90 Å². The number of carbonyl (C=O) groups is 1. The first kappa shape index (κ1) is 20.5. The Kier molecular flexibility index (Phi) is 6.89. The van der Waals surface area contributed by atoms with Gasteiger partial charge in [0.1, 0.15) is 5.75 Å². The third kappa shape index (κ3) is 5.16. The summed E-state index contributed by atoms with van der Waals surface area (Å²) in [5.74, 6) is 1.81. The summed E-state index contributed by atoms with van der Waals surface area (Å²) >= 11 is 0. The summed E-state index contributed by atoms with van der Waals surface area (Å²) in [6.45, 7) is 5.21. The molecule has 6 nitrogen and oxygen atoms in total. The first-order valence-electron chi connectivity index (χ1n) is 9.71. The van der Waals surface area contributed by atoms with E-state index in [-0.39, 0.29) is 11.6 Å². The van der Waals surface area contributed by atoms with E-state index in [4.69, 9.17) is 18.9 Å². The van der Waals surface area contributed by atoms with E-state index in [0.29, 0.717) is 30.3 Å². The number of nitrogens with zero attached hydrogens (tertiary/aromatic N) is 1. The van der Waals surface area contributed by atoms with Gasteiger partial charge in [0, 0.05) is 5.56 Å². The van der Waals surface area contributed by atoms with Crippen LogP contribution in [0, 0.1) is 0 Å². The van der Waals surface area contributed by atoms with Crippen LogP contribution in [0.3, 0.4) is 0 Å².